The predicted molar refractivity (Wildman–Crippen MR) is 400 cm³/mol. The van der Waals surface area contributed by atoms with Gasteiger partial charge in [0.2, 0.25) is 0 Å². The van der Waals surface area contributed by atoms with Gasteiger partial charge in [-0.3, -0.25) is 0 Å². The summed E-state index contributed by atoms with van der Waals surface area (Å²) in [7, 11) is 0. The van der Waals surface area contributed by atoms with Crippen LogP contribution in [-0.2, 0) is 0 Å². The fourth-order valence-electron chi connectivity index (χ4n) is 15.7. The molecule has 20 rings (SSSR count). The molecule has 15 aromatic carbocycles. The fourth-order valence-corrected chi connectivity index (χ4v) is 15.7. The number of hydrogen-bond donors (Lipinski definition) is 0. The normalized spacial score (nSPS) is 12.0. The molecule has 0 amide bonds. The lowest BCUT2D eigenvalue weighted by atomic mass is 9.97. The van der Waals surface area contributed by atoms with E-state index in [-0.39, 0.29) is 0 Å². The molecular formula is C90H57N5. The van der Waals surface area contributed by atoms with Crippen LogP contribution in [0.15, 0.2) is 346 Å². The van der Waals surface area contributed by atoms with Gasteiger partial charge in [0.05, 0.1) is 55.2 Å². The highest BCUT2D eigenvalue weighted by atomic mass is 15.0. The smallest absolute Gasteiger partial charge is 0.0541 e. The third-order valence-corrected chi connectivity index (χ3v) is 20.0. The van der Waals surface area contributed by atoms with Crippen LogP contribution in [0.2, 0.25) is 0 Å². The van der Waals surface area contributed by atoms with Crippen LogP contribution < -0.4 is 0 Å². The molecule has 0 radical (unpaired) electrons. The first-order chi connectivity index (χ1) is 47.1. The summed E-state index contributed by atoms with van der Waals surface area (Å²) in [6.07, 6.45) is 0. The number of fused-ring (bicyclic) bond motifs is 15. The Labute approximate surface area is 547 Å². The third kappa shape index (κ3) is 8.23. The Morgan fingerprint density at radius 3 is 0.453 bits per heavy atom. The molecule has 5 aromatic heterocycles. The SMILES string of the molecule is c1ccc(-n2c3ccccc3c3cc(-c4ccc5c(c4)c4cc(-c6ccc7c(c6)c6cc(-c8ccc9c(c8)c8cc(-c%10ccc%11c(c%10)c%10ccccc%10n%11-c%10ccccc%10)ccc8n9-c8ccccc8)ccc6n7-c6ccccc6)ccc4n5-c4ccccc4)ccc32)cc1. The van der Waals surface area contributed by atoms with Crippen molar-refractivity contribution in [1.82, 2.24) is 22.8 Å². The van der Waals surface area contributed by atoms with Crippen LogP contribution in [0, 0.1) is 0 Å². The molecule has 95 heavy (non-hydrogen) atoms. The Balaban J connectivity index is 0.733. The minimum absolute atomic E-state index is 1.13. The van der Waals surface area contributed by atoms with Crippen molar-refractivity contribution in [2.75, 3.05) is 0 Å². The minimum Gasteiger partial charge on any atom is -0.309 e. The average Bonchev–Trinajstić information content (AvgIpc) is 1.60. The molecule has 5 heterocycles. The van der Waals surface area contributed by atoms with Gasteiger partial charge in [-0.25, -0.2) is 0 Å². The molecular weight excluding hydrogens is 1150 g/mol. The van der Waals surface area contributed by atoms with Crippen molar-refractivity contribution in [2.45, 2.75) is 0 Å². The Bertz CT molecular complexity index is 6110. The van der Waals surface area contributed by atoms with E-state index in [4.69, 9.17) is 0 Å². The lowest BCUT2D eigenvalue weighted by Crippen LogP contribution is -1.93. The molecule has 0 N–H and O–H groups in total. The van der Waals surface area contributed by atoms with E-state index >= 15 is 0 Å². The fraction of sp³-hybridized carbons (Fsp3) is 0. The van der Waals surface area contributed by atoms with Crippen molar-refractivity contribution < 1.29 is 0 Å². The van der Waals surface area contributed by atoms with E-state index in [0.717, 1.165) is 28.4 Å². The first-order valence-corrected chi connectivity index (χ1v) is 32.7. The second kappa shape index (κ2) is 20.9. The van der Waals surface area contributed by atoms with Crippen LogP contribution in [0.3, 0.4) is 0 Å². The summed E-state index contributed by atoms with van der Waals surface area (Å²) in [6.45, 7) is 0. The average molecular weight is 1210 g/mol. The Morgan fingerprint density at radius 2 is 0.263 bits per heavy atom. The lowest BCUT2D eigenvalue weighted by Gasteiger charge is -2.09. The summed E-state index contributed by atoms with van der Waals surface area (Å²) >= 11 is 0. The molecule has 442 valence electrons. The van der Waals surface area contributed by atoms with Crippen LogP contribution in [-0.4, -0.2) is 22.8 Å². The number of hydrogen-bond acceptors (Lipinski definition) is 0. The van der Waals surface area contributed by atoms with Crippen LogP contribution in [0.5, 0.6) is 0 Å². The van der Waals surface area contributed by atoms with Crippen LogP contribution in [0.4, 0.5) is 0 Å². The first-order valence-electron chi connectivity index (χ1n) is 32.7. The predicted octanol–water partition coefficient (Wildman–Crippen LogP) is 23.8. The van der Waals surface area contributed by atoms with E-state index in [9.17, 15) is 0 Å². The zero-order valence-corrected chi connectivity index (χ0v) is 51.6. The lowest BCUT2D eigenvalue weighted by molar-refractivity contribution is 1.18. The van der Waals surface area contributed by atoms with Crippen molar-refractivity contribution in [2.24, 2.45) is 0 Å². The Morgan fingerprint density at radius 1 is 0.116 bits per heavy atom. The Hall–Kier alpha value is -12.7. The van der Waals surface area contributed by atoms with Gasteiger partial charge in [0.1, 0.15) is 0 Å². The topological polar surface area (TPSA) is 24.6 Å². The minimum atomic E-state index is 1.13. The highest BCUT2D eigenvalue weighted by Crippen LogP contribution is 2.45. The number of rotatable bonds is 9. The van der Waals surface area contributed by atoms with Crippen molar-refractivity contribution in [1.29, 1.82) is 0 Å². The maximum atomic E-state index is 2.43. The summed E-state index contributed by atoms with van der Waals surface area (Å²) in [4.78, 5) is 0. The highest BCUT2D eigenvalue weighted by Gasteiger charge is 2.22. The largest absolute Gasteiger partial charge is 0.309 e. The van der Waals surface area contributed by atoms with Gasteiger partial charge in [-0.1, -0.05) is 176 Å². The van der Waals surface area contributed by atoms with Gasteiger partial charge in [0, 0.05) is 82.3 Å². The number of nitrogens with zero attached hydrogens (tertiary/aromatic N) is 5. The number of para-hydroxylation sites is 7. The van der Waals surface area contributed by atoms with Crippen molar-refractivity contribution in [3.8, 4) is 72.9 Å². The molecule has 0 bridgehead atoms. The number of benzene rings is 15. The van der Waals surface area contributed by atoms with Crippen LogP contribution in [0.25, 0.3) is 182 Å². The zero-order chi connectivity index (χ0) is 62.2. The van der Waals surface area contributed by atoms with Gasteiger partial charge in [-0.05, 0) is 214 Å². The summed E-state index contributed by atoms with van der Waals surface area (Å²) < 4.78 is 12.1. The summed E-state index contributed by atoms with van der Waals surface area (Å²) in [5, 5.41) is 12.2. The van der Waals surface area contributed by atoms with E-state index in [2.05, 4.69) is 369 Å². The standard InChI is InChI=1S/C90H57N5/c1-6-20-66(21-7-1)91-81-32-18-16-30-71(81)73-50-58(34-42-83(73)91)60-36-44-85-75(52-60)77-54-62(38-46-87(77)93(85)68-24-10-3-11-25-68)64-40-48-89-79(56-64)80-57-65(41-49-90(80)95(89)70-28-14-5-15-29-70)63-39-47-88-78(55-63)76-53-61(37-45-86(76)94(88)69-26-12-4-13-27-69)59-35-43-84-74(51-59)72-31-17-19-33-82(72)92(84)67-22-8-2-9-23-67/h1-57H. The molecule has 0 aliphatic rings. The monoisotopic (exact) mass is 1210 g/mol. The molecule has 5 heteroatoms. The number of aromatic nitrogens is 5. The van der Waals surface area contributed by atoms with E-state index in [1.54, 1.807) is 0 Å². The molecule has 0 unspecified atom stereocenters. The molecule has 0 fully saturated rings. The Kier molecular flexibility index (Phi) is 11.7. The maximum absolute atomic E-state index is 2.43. The quantitative estimate of drug-likeness (QED) is 0.138. The van der Waals surface area contributed by atoms with E-state index in [1.807, 2.05) is 0 Å². The molecule has 0 saturated heterocycles. The van der Waals surface area contributed by atoms with E-state index in [0.29, 0.717) is 0 Å². The molecule has 0 aliphatic carbocycles. The van der Waals surface area contributed by atoms with Crippen molar-refractivity contribution in [3.05, 3.63) is 346 Å². The highest BCUT2D eigenvalue weighted by molar-refractivity contribution is 6.17. The van der Waals surface area contributed by atoms with Gasteiger partial charge in [-0.2, -0.15) is 0 Å². The maximum Gasteiger partial charge on any atom is 0.0541 e. The second-order valence-electron chi connectivity index (χ2n) is 25.2. The van der Waals surface area contributed by atoms with E-state index < -0.39 is 0 Å². The van der Waals surface area contributed by atoms with Gasteiger partial charge >= 0.3 is 0 Å². The first kappa shape index (κ1) is 53.0. The van der Waals surface area contributed by atoms with Gasteiger partial charge < -0.3 is 22.8 Å². The third-order valence-electron chi connectivity index (χ3n) is 20.0. The van der Waals surface area contributed by atoms with Crippen molar-refractivity contribution >= 4 is 109 Å². The summed E-state index contributed by atoms with van der Waals surface area (Å²) in [5.41, 5.74) is 27.0. The van der Waals surface area contributed by atoms with Crippen LogP contribution in [0.1, 0.15) is 0 Å². The van der Waals surface area contributed by atoms with Gasteiger partial charge in [0.25, 0.3) is 0 Å². The molecule has 20 aromatic rings. The summed E-state index contributed by atoms with van der Waals surface area (Å²) in [5.74, 6) is 0. The molecule has 5 nitrogen and oxygen atoms in total. The van der Waals surface area contributed by atoms with Crippen LogP contribution >= 0.6 is 0 Å². The van der Waals surface area contributed by atoms with Crippen molar-refractivity contribution in [3.63, 3.8) is 0 Å². The molecule has 0 atom stereocenters. The zero-order valence-electron chi connectivity index (χ0n) is 51.6. The molecule has 0 spiro atoms. The summed E-state index contributed by atoms with van der Waals surface area (Å²) in [6, 6.07) is 128. The molecule has 0 saturated carbocycles. The van der Waals surface area contributed by atoms with Gasteiger partial charge in [0.15, 0.2) is 0 Å². The van der Waals surface area contributed by atoms with E-state index in [1.165, 1.54) is 154 Å². The molecule has 0 aliphatic heterocycles. The second-order valence-corrected chi connectivity index (χ2v) is 25.2. The van der Waals surface area contributed by atoms with Gasteiger partial charge in [-0.15, -0.1) is 0 Å².